The third kappa shape index (κ3) is 9.03. The van der Waals surface area contributed by atoms with E-state index in [0.717, 1.165) is 0 Å². The van der Waals surface area contributed by atoms with Crippen molar-refractivity contribution in [3.05, 3.63) is 0 Å². The topological polar surface area (TPSA) is 0 Å². The molecule has 0 unspecified atom stereocenters. The normalized spacial score (nSPS) is 0. The average molecular weight is 179 g/mol. The number of rotatable bonds is 0. The molecule has 0 nitrogen and oxygen atoms in total. The summed E-state index contributed by atoms with van der Waals surface area (Å²) in [7, 11) is 0. The van der Waals surface area contributed by atoms with E-state index >= 15 is 0 Å². The van der Waals surface area contributed by atoms with Crippen LogP contribution in [0.25, 0.3) is 0 Å². The van der Waals surface area contributed by atoms with Gasteiger partial charge >= 0.3 is 0 Å². The van der Waals surface area contributed by atoms with E-state index < -0.39 is 0 Å². The van der Waals surface area contributed by atoms with Gasteiger partial charge in [0.25, 0.3) is 0 Å². The van der Waals surface area contributed by atoms with E-state index in [1.165, 1.54) is 0 Å². The molecule has 0 aliphatic heterocycles. The second-order valence-corrected chi connectivity index (χ2v) is 0. The van der Waals surface area contributed by atoms with Gasteiger partial charge < -0.3 is 0 Å². The van der Waals surface area contributed by atoms with Crippen molar-refractivity contribution in [2.75, 3.05) is 0 Å². The van der Waals surface area contributed by atoms with Crippen molar-refractivity contribution < 1.29 is 22.4 Å². The van der Waals surface area contributed by atoms with Gasteiger partial charge in [-0.05, 0) is 0 Å². The standard InChI is InChI=1S/Ag.Ca.Li.Mg. The van der Waals surface area contributed by atoms with Crippen LogP contribution in [0.2, 0.25) is 0 Å². The summed E-state index contributed by atoms with van der Waals surface area (Å²) in [6, 6.07) is 0. The fourth-order valence-electron chi connectivity index (χ4n) is 0. The van der Waals surface area contributed by atoms with Gasteiger partial charge in [0, 0.05) is 102 Å². The molecule has 0 aliphatic rings. The van der Waals surface area contributed by atoms with Gasteiger partial charge in [-0.25, -0.2) is 0 Å². The summed E-state index contributed by atoms with van der Waals surface area (Å²) in [4.78, 5) is 0. The van der Waals surface area contributed by atoms with E-state index in [1.807, 2.05) is 0 Å². The smallest absolute Gasteiger partial charge is 0 e. The Hall–Kier alpha value is 3.36. The van der Waals surface area contributed by atoms with E-state index in [2.05, 4.69) is 0 Å². The van der Waals surface area contributed by atoms with E-state index in [-0.39, 0.29) is 102 Å². The quantitative estimate of drug-likeness (QED) is 0.412. The molecule has 0 saturated heterocycles. The zero-order valence-electron chi connectivity index (χ0n) is 2.72. The van der Waals surface area contributed by atoms with Crippen molar-refractivity contribution >= 4 is 79.7 Å². The first kappa shape index (κ1) is 26.4. The largest absolute Gasteiger partial charge is 0 e. The van der Waals surface area contributed by atoms with Crippen LogP contribution >= 0.6 is 0 Å². The van der Waals surface area contributed by atoms with Gasteiger partial charge in [0.15, 0.2) is 0 Å². The Morgan fingerprint density at radius 3 is 1.00 bits per heavy atom. The van der Waals surface area contributed by atoms with E-state index in [0.29, 0.717) is 0 Å². The monoisotopic (exact) mass is 178 g/mol. The molecule has 0 bridgehead atoms. The maximum atomic E-state index is 0. The van der Waals surface area contributed by atoms with E-state index in [9.17, 15) is 0 Å². The van der Waals surface area contributed by atoms with Gasteiger partial charge in [0.2, 0.25) is 0 Å². The maximum Gasteiger partial charge on any atom is 0 e. The average Bonchev–Trinajstić information content (AvgIpc) is 0. The van der Waals surface area contributed by atoms with Crippen LogP contribution < -0.4 is 0 Å². The Morgan fingerprint density at radius 2 is 1.00 bits per heavy atom. The van der Waals surface area contributed by atoms with Crippen LogP contribution in [0.15, 0.2) is 0 Å². The molecule has 0 aliphatic carbocycles. The molecule has 0 N–H and O–H groups in total. The molecular weight excluding hydrogens is 179 g/mol. The first-order valence-corrected chi connectivity index (χ1v) is 0. The molecule has 0 aromatic heterocycles. The molecule has 0 fully saturated rings. The van der Waals surface area contributed by atoms with Crippen LogP contribution in [0.5, 0.6) is 0 Å². The summed E-state index contributed by atoms with van der Waals surface area (Å²) in [6.07, 6.45) is 0. The molecule has 0 amide bonds. The van der Waals surface area contributed by atoms with Crippen LogP contribution in [0.3, 0.4) is 0 Å². The summed E-state index contributed by atoms with van der Waals surface area (Å²) in [5, 5.41) is 0. The zero-order valence-corrected chi connectivity index (χ0v) is 7.82. The minimum atomic E-state index is 0. The molecule has 4 heteroatoms. The van der Waals surface area contributed by atoms with E-state index in [1.54, 1.807) is 0 Å². The van der Waals surface area contributed by atoms with Gasteiger partial charge in [-0.1, -0.05) is 0 Å². The molecule has 16 valence electrons. The van der Waals surface area contributed by atoms with Crippen LogP contribution in [0.4, 0.5) is 0 Å². The van der Waals surface area contributed by atoms with Crippen molar-refractivity contribution in [3.63, 3.8) is 0 Å². The molecule has 0 atom stereocenters. The Morgan fingerprint density at radius 1 is 1.00 bits per heavy atom. The second kappa shape index (κ2) is 16.2. The SMILES string of the molecule is [Ag].[Ca].[Li].[Mg]. The van der Waals surface area contributed by atoms with Crippen molar-refractivity contribution in [2.45, 2.75) is 0 Å². The van der Waals surface area contributed by atoms with Gasteiger partial charge in [-0.3, -0.25) is 0 Å². The molecule has 0 aromatic carbocycles. The minimum Gasteiger partial charge on any atom is 0 e. The molecule has 0 saturated carbocycles. The summed E-state index contributed by atoms with van der Waals surface area (Å²) < 4.78 is 0. The zero-order chi connectivity index (χ0) is 0. The first-order valence-electron chi connectivity index (χ1n) is 0. The van der Waals surface area contributed by atoms with Gasteiger partial charge in [-0.2, -0.15) is 0 Å². The van der Waals surface area contributed by atoms with Gasteiger partial charge in [-0.15, -0.1) is 0 Å². The van der Waals surface area contributed by atoms with Crippen molar-refractivity contribution in [1.82, 2.24) is 0 Å². The van der Waals surface area contributed by atoms with Gasteiger partial charge in [0.1, 0.15) is 0 Å². The molecule has 0 aromatic rings. The Balaban J connectivity index is 0. The minimum absolute atomic E-state index is 0. The predicted octanol–water partition coefficient (Wildman–Crippen LogP) is -1.14. The summed E-state index contributed by atoms with van der Waals surface area (Å²) >= 11 is 0. The van der Waals surface area contributed by atoms with Crippen molar-refractivity contribution in [1.29, 1.82) is 0 Å². The van der Waals surface area contributed by atoms with Crippen molar-refractivity contribution in [2.24, 2.45) is 0 Å². The Bertz CT molecular complexity index is 8.00. The summed E-state index contributed by atoms with van der Waals surface area (Å²) in [6.45, 7) is 0. The second-order valence-electron chi connectivity index (χ2n) is 0. The van der Waals surface area contributed by atoms with Crippen LogP contribution in [-0.4, -0.2) is 79.7 Å². The predicted molar refractivity (Wildman–Crippen MR) is 17.3 cm³/mol. The van der Waals surface area contributed by atoms with E-state index in [4.69, 9.17) is 0 Å². The van der Waals surface area contributed by atoms with Crippen LogP contribution in [0.1, 0.15) is 0 Å². The maximum absolute atomic E-state index is 0. The van der Waals surface area contributed by atoms with Crippen LogP contribution in [-0.2, 0) is 22.4 Å². The number of hydrogen-bond donors (Lipinski definition) is 0. The third-order valence-electron chi connectivity index (χ3n) is 0. The van der Waals surface area contributed by atoms with Crippen LogP contribution in [0, 0.1) is 0 Å². The molecule has 0 rings (SSSR count). The summed E-state index contributed by atoms with van der Waals surface area (Å²) in [5.74, 6) is 0. The Labute approximate surface area is 99.7 Å². The molecule has 4 heavy (non-hydrogen) atoms. The molecular formula is AgCaLiMg. The molecule has 6 radical (unpaired) electrons. The Kier molecular flexibility index (Phi) is 107. The van der Waals surface area contributed by atoms with Crippen molar-refractivity contribution in [3.8, 4) is 0 Å². The molecule has 0 heterocycles. The first-order chi connectivity index (χ1) is 0. The number of hydrogen-bond acceptors (Lipinski definition) is 0. The third-order valence-corrected chi connectivity index (χ3v) is 0. The fourth-order valence-corrected chi connectivity index (χ4v) is 0. The summed E-state index contributed by atoms with van der Waals surface area (Å²) in [5.41, 5.74) is 0. The van der Waals surface area contributed by atoms with Gasteiger partial charge in [0.05, 0.1) is 0 Å². The molecule has 0 spiro atoms. The fraction of sp³-hybridized carbons (Fsp3) is 0.